The zero-order valence-corrected chi connectivity index (χ0v) is 21.3. The number of aliphatic carboxylic acids is 1. The van der Waals surface area contributed by atoms with E-state index in [2.05, 4.69) is 13.8 Å². The van der Waals surface area contributed by atoms with E-state index < -0.39 is 16.1 Å². The largest absolute Gasteiger partial charge is 0.481 e. The maximum Gasteiger partial charge on any atom is 0.306 e. The highest BCUT2D eigenvalue weighted by Crippen LogP contribution is 2.18. The van der Waals surface area contributed by atoms with E-state index in [1.54, 1.807) is 12.1 Å². The van der Waals surface area contributed by atoms with Crippen molar-refractivity contribution in [3.8, 4) is 0 Å². The first kappa shape index (κ1) is 30.6. The molecule has 0 radical (unpaired) electrons. The Morgan fingerprint density at radius 2 is 1.31 bits per heavy atom. The lowest BCUT2D eigenvalue weighted by Gasteiger charge is -2.07. The van der Waals surface area contributed by atoms with Gasteiger partial charge in [-0.05, 0) is 37.3 Å². The van der Waals surface area contributed by atoms with Crippen LogP contribution in [0.3, 0.4) is 0 Å². The Bertz CT molecular complexity index is 700. The van der Waals surface area contributed by atoms with Crippen LogP contribution >= 0.6 is 0 Å². The Labute approximate surface area is 196 Å². The van der Waals surface area contributed by atoms with E-state index in [0.717, 1.165) is 44.1 Å². The molecule has 0 amide bonds. The van der Waals surface area contributed by atoms with Gasteiger partial charge in [-0.2, -0.15) is 8.42 Å². The van der Waals surface area contributed by atoms with Crippen LogP contribution in [-0.2, 0) is 21.3 Å². The van der Waals surface area contributed by atoms with Crippen molar-refractivity contribution < 1.29 is 22.9 Å². The highest BCUT2D eigenvalue weighted by atomic mass is 32.2. The third-order valence-electron chi connectivity index (χ3n) is 5.80. The molecule has 0 saturated carbocycles. The van der Waals surface area contributed by atoms with E-state index in [0.29, 0.717) is 6.42 Å². The molecule has 1 atom stereocenters. The molecule has 1 aromatic carbocycles. The van der Waals surface area contributed by atoms with Gasteiger partial charge in [0.25, 0.3) is 10.1 Å². The molecule has 2 N–H and O–H groups in total. The minimum Gasteiger partial charge on any atom is -0.481 e. The van der Waals surface area contributed by atoms with E-state index in [9.17, 15) is 17.8 Å². The van der Waals surface area contributed by atoms with Gasteiger partial charge < -0.3 is 5.11 Å². The number of rotatable bonds is 17. The molecule has 6 heteroatoms. The highest BCUT2D eigenvalue weighted by Gasteiger charge is 2.14. The van der Waals surface area contributed by atoms with Crippen LogP contribution in [0, 0.1) is 5.92 Å². The number of carbonyl (C=O) groups is 1. The summed E-state index contributed by atoms with van der Waals surface area (Å²) in [6.07, 6.45) is 17.0. The van der Waals surface area contributed by atoms with Crippen LogP contribution in [0.15, 0.2) is 29.2 Å². The Kier molecular flexibility index (Phi) is 18.3. The van der Waals surface area contributed by atoms with Crippen molar-refractivity contribution in [3.63, 3.8) is 0 Å². The van der Waals surface area contributed by atoms with Crippen molar-refractivity contribution >= 4 is 16.1 Å². The molecule has 1 rings (SSSR count). The molecule has 0 spiro atoms. The van der Waals surface area contributed by atoms with Crippen LogP contribution in [-0.4, -0.2) is 24.0 Å². The summed E-state index contributed by atoms with van der Waals surface area (Å²) in [5, 5.41) is 8.60. The fourth-order valence-corrected chi connectivity index (χ4v) is 4.47. The van der Waals surface area contributed by atoms with Gasteiger partial charge in [0.2, 0.25) is 0 Å². The summed E-state index contributed by atoms with van der Waals surface area (Å²) in [4.78, 5) is 10.5. The molecule has 5 nitrogen and oxygen atoms in total. The van der Waals surface area contributed by atoms with Gasteiger partial charge in [0.1, 0.15) is 0 Å². The van der Waals surface area contributed by atoms with Gasteiger partial charge in [0.05, 0.1) is 10.8 Å². The lowest BCUT2D eigenvalue weighted by atomic mass is 10.00. The molecule has 0 saturated heterocycles. The zero-order valence-electron chi connectivity index (χ0n) is 20.5. The second-order valence-corrected chi connectivity index (χ2v) is 9.99. The summed E-state index contributed by atoms with van der Waals surface area (Å²) in [7, 11) is -4.10. The zero-order chi connectivity index (χ0) is 24.2. The number of hydrogen-bond donors (Lipinski definition) is 2. The second-order valence-electron chi connectivity index (χ2n) is 8.60. The minimum atomic E-state index is -4.10. The number of benzene rings is 1. The van der Waals surface area contributed by atoms with Crippen molar-refractivity contribution in [2.75, 3.05) is 0 Å². The summed E-state index contributed by atoms with van der Waals surface area (Å²) in [6, 6.07) is 6.73. The fourth-order valence-electron chi connectivity index (χ4n) is 3.72. The average molecular weight is 471 g/mol. The SMILES string of the molecule is CCCCC(CC)C(=O)O.CCCCCCCCCCCCc1ccccc1S(=O)(=O)O. The van der Waals surface area contributed by atoms with Gasteiger partial charge >= 0.3 is 5.97 Å². The molecule has 186 valence electrons. The Balaban J connectivity index is 0.000000809. The van der Waals surface area contributed by atoms with Crippen molar-refractivity contribution in [3.05, 3.63) is 29.8 Å². The minimum absolute atomic E-state index is 0.0610. The number of hydrogen-bond acceptors (Lipinski definition) is 3. The number of unbranched alkanes of at least 4 members (excludes halogenated alkanes) is 10. The Morgan fingerprint density at radius 1 is 0.812 bits per heavy atom. The van der Waals surface area contributed by atoms with E-state index in [-0.39, 0.29) is 10.8 Å². The van der Waals surface area contributed by atoms with Gasteiger partial charge in [0, 0.05) is 0 Å². The molecule has 1 unspecified atom stereocenters. The maximum absolute atomic E-state index is 11.3. The molecular formula is C26H46O5S. The average Bonchev–Trinajstić information content (AvgIpc) is 2.75. The lowest BCUT2D eigenvalue weighted by Crippen LogP contribution is -2.11. The van der Waals surface area contributed by atoms with Crippen molar-refractivity contribution in [1.82, 2.24) is 0 Å². The van der Waals surface area contributed by atoms with E-state index >= 15 is 0 Å². The van der Waals surface area contributed by atoms with Crippen LogP contribution in [0.5, 0.6) is 0 Å². The van der Waals surface area contributed by atoms with Gasteiger partial charge in [-0.3, -0.25) is 9.35 Å². The molecule has 0 aliphatic carbocycles. The van der Waals surface area contributed by atoms with Crippen molar-refractivity contribution in [2.24, 2.45) is 5.92 Å². The molecule has 32 heavy (non-hydrogen) atoms. The summed E-state index contributed by atoms with van der Waals surface area (Å²) in [5.74, 6) is -0.754. The topological polar surface area (TPSA) is 91.7 Å². The van der Waals surface area contributed by atoms with Crippen molar-refractivity contribution in [1.29, 1.82) is 0 Å². The van der Waals surface area contributed by atoms with E-state index in [1.807, 2.05) is 13.0 Å². The fraction of sp³-hybridized carbons (Fsp3) is 0.731. The predicted octanol–water partition coefficient (Wildman–Crippen LogP) is 7.68. The lowest BCUT2D eigenvalue weighted by molar-refractivity contribution is -0.142. The molecule has 0 fully saturated rings. The predicted molar refractivity (Wildman–Crippen MR) is 133 cm³/mol. The molecule has 1 aromatic rings. The smallest absolute Gasteiger partial charge is 0.306 e. The molecule has 0 bridgehead atoms. The Hall–Kier alpha value is -1.40. The van der Waals surface area contributed by atoms with Gasteiger partial charge in [-0.15, -0.1) is 0 Å². The third kappa shape index (κ3) is 15.4. The summed E-state index contributed by atoms with van der Waals surface area (Å²) in [5.41, 5.74) is 0.726. The molecule has 0 aromatic heterocycles. The highest BCUT2D eigenvalue weighted by molar-refractivity contribution is 7.85. The number of carboxylic acids is 1. The molecule has 0 heterocycles. The van der Waals surface area contributed by atoms with Crippen LogP contribution in [0.4, 0.5) is 0 Å². The monoisotopic (exact) mass is 470 g/mol. The first-order chi connectivity index (χ1) is 15.3. The van der Waals surface area contributed by atoms with Crippen LogP contribution in [0.2, 0.25) is 0 Å². The molecular weight excluding hydrogens is 424 g/mol. The van der Waals surface area contributed by atoms with Gasteiger partial charge in [0.15, 0.2) is 0 Å². The van der Waals surface area contributed by atoms with Gasteiger partial charge in [-0.1, -0.05) is 110 Å². The van der Waals surface area contributed by atoms with Crippen molar-refractivity contribution in [2.45, 2.75) is 122 Å². The summed E-state index contributed by atoms with van der Waals surface area (Å²) < 4.78 is 31.8. The first-order valence-corrected chi connectivity index (χ1v) is 14.0. The molecule has 0 aliphatic heterocycles. The Morgan fingerprint density at radius 3 is 1.78 bits per heavy atom. The third-order valence-corrected chi connectivity index (χ3v) is 6.75. The standard InChI is InChI=1S/C18H30O3S.C8H16O2/c1-2-3-4-5-6-7-8-9-10-11-14-17-15-12-13-16-18(17)22(19,20)21;1-3-5-6-7(4-2)8(9)10/h12-13,15-16H,2-11,14H2,1H3,(H,19,20,21);7H,3-6H2,1-2H3,(H,9,10). The number of carboxylic acid groups (broad SMARTS) is 1. The van der Waals surface area contributed by atoms with Crippen LogP contribution in [0.25, 0.3) is 0 Å². The van der Waals surface area contributed by atoms with Gasteiger partial charge in [-0.25, -0.2) is 0 Å². The normalized spacial score (nSPS) is 12.1. The van der Waals surface area contributed by atoms with Crippen LogP contribution in [0.1, 0.15) is 116 Å². The van der Waals surface area contributed by atoms with E-state index in [4.69, 9.17) is 5.11 Å². The number of aryl methyl sites for hydroxylation is 1. The quantitative estimate of drug-likeness (QED) is 0.180. The summed E-state index contributed by atoms with van der Waals surface area (Å²) >= 11 is 0. The second kappa shape index (κ2) is 19.1. The van der Waals surface area contributed by atoms with Crippen LogP contribution < -0.4 is 0 Å². The summed E-state index contributed by atoms with van der Waals surface area (Å²) in [6.45, 7) is 6.24. The molecule has 0 aliphatic rings. The van der Waals surface area contributed by atoms with E-state index in [1.165, 1.54) is 57.4 Å². The first-order valence-electron chi connectivity index (χ1n) is 12.6. The maximum atomic E-state index is 11.3.